The Bertz CT molecular complexity index is 336. The molecule has 0 aromatic heterocycles. The third-order valence-electron chi connectivity index (χ3n) is 3.28. The lowest BCUT2D eigenvalue weighted by molar-refractivity contribution is 0.124. The summed E-state index contributed by atoms with van der Waals surface area (Å²) in [6.45, 7) is 2.77. The minimum absolute atomic E-state index is 0.180. The van der Waals surface area contributed by atoms with Crippen LogP contribution in [0.2, 0.25) is 5.02 Å². The first-order valence-corrected chi connectivity index (χ1v) is 6.37. The maximum absolute atomic E-state index is 9.38. The topological polar surface area (TPSA) is 41.5 Å². The van der Waals surface area contributed by atoms with Gasteiger partial charge in [-0.1, -0.05) is 11.6 Å². The molecule has 4 heteroatoms. The molecule has 3 nitrogen and oxygen atoms in total. The molecule has 17 heavy (non-hydrogen) atoms. The number of hydrogen-bond acceptors (Lipinski definition) is 3. The lowest BCUT2D eigenvalue weighted by Gasteiger charge is -2.20. The van der Waals surface area contributed by atoms with Gasteiger partial charge in [0.05, 0.1) is 6.61 Å². The molecule has 1 aliphatic rings. The van der Waals surface area contributed by atoms with Crippen molar-refractivity contribution in [2.24, 2.45) is 11.8 Å². The van der Waals surface area contributed by atoms with Crippen LogP contribution in [0, 0.1) is 11.8 Å². The number of aliphatic hydroxyl groups is 1. The van der Waals surface area contributed by atoms with E-state index in [-0.39, 0.29) is 12.5 Å². The predicted molar refractivity (Wildman–Crippen MR) is 68.5 cm³/mol. The Hall–Kier alpha value is -0.770. The highest BCUT2D eigenvalue weighted by atomic mass is 35.5. The van der Waals surface area contributed by atoms with E-state index in [9.17, 15) is 5.11 Å². The SMILES string of the molecule is OCC(COc1ccc(Cl)cc1)C1CCNC1. The van der Waals surface area contributed by atoms with Crippen molar-refractivity contribution in [3.05, 3.63) is 29.3 Å². The summed E-state index contributed by atoms with van der Waals surface area (Å²) in [4.78, 5) is 0. The van der Waals surface area contributed by atoms with E-state index in [1.54, 1.807) is 0 Å². The maximum Gasteiger partial charge on any atom is 0.119 e. The van der Waals surface area contributed by atoms with E-state index in [2.05, 4.69) is 5.32 Å². The fourth-order valence-corrected chi connectivity index (χ4v) is 2.28. The first-order valence-electron chi connectivity index (χ1n) is 5.99. The molecule has 0 spiro atoms. The predicted octanol–water partition coefficient (Wildman–Crippen LogP) is 1.94. The van der Waals surface area contributed by atoms with E-state index in [0.717, 1.165) is 25.3 Å². The van der Waals surface area contributed by atoms with Crippen molar-refractivity contribution in [1.82, 2.24) is 5.32 Å². The van der Waals surface area contributed by atoms with Crippen LogP contribution < -0.4 is 10.1 Å². The van der Waals surface area contributed by atoms with E-state index in [1.165, 1.54) is 0 Å². The third kappa shape index (κ3) is 3.60. The maximum atomic E-state index is 9.38. The van der Waals surface area contributed by atoms with E-state index < -0.39 is 0 Å². The van der Waals surface area contributed by atoms with Gasteiger partial charge in [0.1, 0.15) is 5.75 Å². The van der Waals surface area contributed by atoms with Gasteiger partial charge >= 0.3 is 0 Å². The van der Waals surface area contributed by atoms with E-state index in [4.69, 9.17) is 16.3 Å². The van der Waals surface area contributed by atoms with Crippen molar-refractivity contribution in [2.45, 2.75) is 6.42 Å². The Morgan fingerprint density at radius 3 is 2.76 bits per heavy atom. The summed E-state index contributed by atoms with van der Waals surface area (Å²) in [6.07, 6.45) is 1.12. The summed E-state index contributed by atoms with van der Waals surface area (Å²) in [5, 5.41) is 13.4. The average Bonchev–Trinajstić information content (AvgIpc) is 2.86. The van der Waals surface area contributed by atoms with E-state index >= 15 is 0 Å². The Kier molecular flexibility index (Phi) is 4.66. The smallest absolute Gasteiger partial charge is 0.119 e. The number of halogens is 1. The number of benzene rings is 1. The second-order valence-corrected chi connectivity index (χ2v) is 4.90. The largest absolute Gasteiger partial charge is 0.493 e. The minimum atomic E-state index is 0.180. The summed E-state index contributed by atoms with van der Waals surface area (Å²) in [5.74, 6) is 1.53. The van der Waals surface area contributed by atoms with Crippen molar-refractivity contribution < 1.29 is 9.84 Å². The summed E-state index contributed by atoms with van der Waals surface area (Å²) in [7, 11) is 0. The number of hydrogen-bond donors (Lipinski definition) is 2. The molecule has 1 saturated heterocycles. The van der Waals surface area contributed by atoms with Crippen LogP contribution in [0.4, 0.5) is 0 Å². The zero-order valence-corrected chi connectivity index (χ0v) is 10.5. The zero-order valence-electron chi connectivity index (χ0n) is 9.73. The fraction of sp³-hybridized carbons (Fsp3) is 0.538. The van der Waals surface area contributed by atoms with Crippen molar-refractivity contribution >= 4 is 11.6 Å². The number of nitrogens with one attached hydrogen (secondary N) is 1. The summed E-state index contributed by atoms with van der Waals surface area (Å²) >= 11 is 5.80. The summed E-state index contributed by atoms with van der Waals surface area (Å²) in [5.41, 5.74) is 0. The van der Waals surface area contributed by atoms with Gasteiger partial charge in [-0.15, -0.1) is 0 Å². The molecule has 1 aliphatic heterocycles. The lowest BCUT2D eigenvalue weighted by atomic mass is 9.93. The first-order chi connectivity index (χ1) is 8.29. The molecule has 2 N–H and O–H groups in total. The molecular weight excluding hydrogens is 238 g/mol. The molecule has 0 aliphatic carbocycles. The van der Waals surface area contributed by atoms with Gasteiger partial charge in [0.25, 0.3) is 0 Å². The normalized spacial score (nSPS) is 21.4. The van der Waals surface area contributed by atoms with Crippen molar-refractivity contribution in [1.29, 1.82) is 0 Å². The van der Waals surface area contributed by atoms with Gasteiger partial charge in [-0.3, -0.25) is 0 Å². The van der Waals surface area contributed by atoms with Gasteiger partial charge in [0.15, 0.2) is 0 Å². The molecule has 1 aromatic rings. The van der Waals surface area contributed by atoms with Crippen molar-refractivity contribution in [2.75, 3.05) is 26.3 Å². The van der Waals surface area contributed by atoms with Crippen LogP contribution in [0.3, 0.4) is 0 Å². The van der Waals surface area contributed by atoms with Gasteiger partial charge in [0.2, 0.25) is 0 Å². The number of aliphatic hydroxyl groups excluding tert-OH is 1. The second-order valence-electron chi connectivity index (χ2n) is 4.46. The van der Waals surface area contributed by atoms with Gasteiger partial charge in [-0.05, 0) is 49.7 Å². The van der Waals surface area contributed by atoms with Crippen LogP contribution in [-0.4, -0.2) is 31.4 Å². The number of rotatable bonds is 5. The van der Waals surface area contributed by atoms with E-state index in [0.29, 0.717) is 17.5 Å². The molecule has 0 saturated carbocycles. The Morgan fingerprint density at radius 1 is 1.41 bits per heavy atom. The molecule has 94 valence electrons. The van der Waals surface area contributed by atoms with Gasteiger partial charge < -0.3 is 15.2 Å². The highest BCUT2D eigenvalue weighted by Crippen LogP contribution is 2.21. The van der Waals surface area contributed by atoms with E-state index in [1.807, 2.05) is 24.3 Å². The van der Waals surface area contributed by atoms with Crippen LogP contribution in [-0.2, 0) is 0 Å². The second kappa shape index (κ2) is 6.24. The number of ether oxygens (including phenoxy) is 1. The monoisotopic (exact) mass is 255 g/mol. The summed E-state index contributed by atoms with van der Waals surface area (Å²) < 4.78 is 5.68. The Morgan fingerprint density at radius 2 is 2.18 bits per heavy atom. The van der Waals surface area contributed by atoms with Crippen molar-refractivity contribution in [3.63, 3.8) is 0 Å². The third-order valence-corrected chi connectivity index (χ3v) is 3.53. The molecule has 1 aromatic carbocycles. The molecule has 0 amide bonds. The quantitative estimate of drug-likeness (QED) is 0.845. The first kappa shape index (κ1) is 12.7. The highest BCUT2D eigenvalue weighted by molar-refractivity contribution is 6.30. The molecule has 2 unspecified atom stereocenters. The van der Waals surface area contributed by atoms with Gasteiger partial charge in [-0.2, -0.15) is 0 Å². The molecule has 2 atom stereocenters. The average molecular weight is 256 g/mol. The highest BCUT2D eigenvalue weighted by Gasteiger charge is 2.24. The Balaban J connectivity index is 1.84. The van der Waals surface area contributed by atoms with Crippen LogP contribution in [0.15, 0.2) is 24.3 Å². The van der Waals surface area contributed by atoms with Crippen LogP contribution in [0.25, 0.3) is 0 Å². The molecule has 0 bridgehead atoms. The van der Waals surface area contributed by atoms with Crippen LogP contribution in [0.1, 0.15) is 6.42 Å². The van der Waals surface area contributed by atoms with Crippen LogP contribution >= 0.6 is 11.6 Å². The van der Waals surface area contributed by atoms with Crippen LogP contribution in [0.5, 0.6) is 5.75 Å². The standard InChI is InChI=1S/C13H18ClNO2/c14-12-1-3-13(4-2-12)17-9-11(8-16)10-5-6-15-7-10/h1-4,10-11,15-16H,5-9H2. The molecule has 0 radical (unpaired) electrons. The molecule has 1 fully saturated rings. The minimum Gasteiger partial charge on any atom is -0.493 e. The molecular formula is C13H18ClNO2. The molecule has 1 heterocycles. The molecule has 2 rings (SSSR count). The van der Waals surface area contributed by atoms with Gasteiger partial charge in [-0.25, -0.2) is 0 Å². The van der Waals surface area contributed by atoms with Crippen molar-refractivity contribution in [3.8, 4) is 5.75 Å². The summed E-state index contributed by atoms with van der Waals surface area (Å²) in [6, 6.07) is 7.32. The Labute approximate surface area is 107 Å². The lowest BCUT2D eigenvalue weighted by Crippen LogP contribution is -2.26. The zero-order chi connectivity index (χ0) is 12.1. The van der Waals surface area contributed by atoms with Gasteiger partial charge in [0, 0.05) is 17.5 Å². The fourth-order valence-electron chi connectivity index (χ4n) is 2.15.